The molecular weight excluding hydrogens is 156 g/mol. The number of allylic oxidation sites excluding steroid dienone is 5. The summed E-state index contributed by atoms with van der Waals surface area (Å²) in [4.78, 5) is 0. The van der Waals surface area contributed by atoms with Crippen LogP contribution in [0.15, 0.2) is 36.0 Å². The predicted molar refractivity (Wildman–Crippen MR) is 59.6 cm³/mol. The molecule has 1 aliphatic carbocycles. The molecule has 0 heterocycles. The van der Waals surface area contributed by atoms with Gasteiger partial charge in [-0.1, -0.05) is 44.2 Å². The molecule has 0 amide bonds. The molecule has 0 nitrogen and oxygen atoms in total. The van der Waals surface area contributed by atoms with Crippen molar-refractivity contribution in [2.75, 3.05) is 0 Å². The topological polar surface area (TPSA) is 0 Å². The van der Waals surface area contributed by atoms with Crippen LogP contribution in [0.1, 0.15) is 33.6 Å². The van der Waals surface area contributed by atoms with Crippen molar-refractivity contribution in [3.63, 3.8) is 0 Å². The van der Waals surface area contributed by atoms with Crippen molar-refractivity contribution in [3.05, 3.63) is 36.0 Å². The van der Waals surface area contributed by atoms with Gasteiger partial charge < -0.3 is 0 Å². The van der Waals surface area contributed by atoms with Gasteiger partial charge in [0.1, 0.15) is 0 Å². The first-order chi connectivity index (χ1) is 6.16. The van der Waals surface area contributed by atoms with Gasteiger partial charge in [0.25, 0.3) is 0 Å². The monoisotopic (exact) mass is 176 g/mol. The first-order valence-electron chi connectivity index (χ1n) is 5.17. The second-order valence-electron chi connectivity index (χ2n) is 4.14. The zero-order valence-corrected chi connectivity index (χ0v) is 9.01. The Labute approximate surface area is 82.0 Å². The number of hydrogen-bond donors (Lipinski definition) is 0. The minimum atomic E-state index is 0.740. The van der Waals surface area contributed by atoms with E-state index in [9.17, 15) is 0 Å². The fourth-order valence-corrected chi connectivity index (χ4v) is 2.03. The van der Waals surface area contributed by atoms with Crippen molar-refractivity contribution in [1.82, 2.24) is 0 Å². The Morgan fingerprint density at radius 1 is 1.46 bits per heavy atom. The average molecular weight is 176 g/mol. The lowest BCUT2D eigenvalue weighted by Crippen LogP contribution is -2.05. The van der Waals surface area contributed by atoms with Crippen molar-refractivity contribution in [2.24, 2.45) is 11.8 Å². The van der Waals surface area contributed by atoms with Gasteiger partial charge in [0, 0.05) is 0 Å². The third-order valence-corrected chi connectivity index (χ3v) is 2.84. The summed E-state index contributed by atoms with van der Waals surface area (Å²) in [6.07, 6.45) is 8.92. The summed E-state index contributed by atoms with van der Waals surface area (Å²) in [5, 5.41) is 0. The van der Waals surface area contributed by atoms with Crippen LogP contribution in [-0.4, -0.2) is 0 Å². The fraction of sp³-hybridized carbons (Fsp3) is 0.538. The highest BCUT2D eigenvalue weighted by Gasteiger charge is 2.25. The van der Waals surface area contributed by atoms with Crippen LogP contribution in [0.3, 0.4) is 0 Å². The van der Waals surface area contributed by atoms with Crippen LogP contribution in [0.2, 0.25) is 0 Å². The molecule has 1 fully saturated rings. The fourth-order valence-electron chi connectivity index (χ4n) is 2.03. The molecular formula is C13H20. The lowest BCUT2D eigenvalue weighted by molar-refractivity contribution is 0.453. The van der Waals surface area contributed by atoms with Gasteiger partial charge in [-0.3, -0.25) is 0 Å². The molecule has 1 saturated carbocycles. The van der Waals surface area contributed by atoms with Gasteiger partial charge in [0.05, 0.1) is 0 Å². The van der Waals surface area contributed by atoms with Crippen molar-refractivity contribution in [3.8, 4) is 0 Å². The quantitative estimate of drug-likeness (QED) is 0.594. The molecule has 1 unspecified atom stereocenters. The zero-order valence-electron chi connectivity index (χ0n) is 9.01. The van der Waals surface area contributed by atoms with Gasteiger partial charge in [-0.15, -0.1) is 0 Å². The number of rotatable bonds is 2. The number of hydrogen-bond acceptors (Lipinski definition) is 0. The third kappa shape index (κ3) is 2.33. The highest BCUT2D eigenvalue weighted by molar-refractivity contribution is 5.38. The summed E-state index contributed by atoms with van der Waals surface area (Å²) in [6.45, 7) is 10.8. The molecule has 1 rings (SSSR count). The molecule has 0 aromatic rings. The summed E-state index contributed by atoms with van der Waals surface area (Å²) in [5.74, 6) is 1.49. The Balaban J connectivity index is 2.83. The van der Waals surface area contributed by atoms with Crippen LogP contribution >= 0.6 is 0 Å². The van der Waals surface area contributed by atoms with Crippen molar-refractivity contribution in [2.45, 2.75) is 33.6 Å². The largest absolute Gasteiger partial charge is 0.0955 e. The Hall–Kier alpha value is -0.780. The molecule has 0 aromatic heterocycles. The second-order valence-corrected chi connectivity index (χ2v) is 4.14. The highest BCUT2D eigenvalue weighted by Crippen LogP contribution is 2.39. The minimum Gasteiger partial charge on any atom is -0.0955 e. The van der Waals surface area contributed by atoms with Crippen molar-refractivity contribution in [1.29, 1.82) is 0 Å². The minimum absolute atomic E-state index is 0.740. The van der Waals surface area contributed by atoms with Crippen LogP contribution in [0.25, 0.3) is 0 Å². The van der Waals surface area contributed by atoms with E-state index in [1.54, 1.807) is 0 Å². The summed E-state index contributed by atoms with van der Waals surface area (Å²) < 4.78 is 0. The highest BCUT2D eigenvalue weighted by atomic mass is 14.3. The molecule has 1 atom stereocenters. The average Bonchev–Trinajstić information content (AvgIpc) is 2.43. The van der Waals surface area contributed by atoms with Crippen molar-refractivity contribution >= 4 is 0 Å². The molecule has 0 N–H and O–H groups in total. The van der Waals surface area contributed by atoms with Crippen LogP contribution in [0.4, 0.5) is 0 Å². The van der Waals surface area contributed by atoms with E-state index in [4.69, 9.17) is 0 Å². The lowest BCUT2D eigenvalue weighted by atomic mass is 9.89. The van der Waals surface area contributed by atoms with Gasteiger partial charge >= 0.3 is 0 Å². The maximum absolute atomic E-state index is 4.12. The molecule has 0 saturated heterocycles. The van der Waals surface area contributed by atoms with Gasteiger partial charge in [-0.2, -0.15) is 0 Å². The molecule has 0 spiro atoms. The van der Waals surface area contributed by atoms with E-state index in [-0.39, 0.29) is 0 Å². The molecule has 0 aromatic carbocycles. The van der Waals surface area contributed by atoms with Crippen LogP contribution in [0.5, 0.6) is 0 Å². The molecule has 0 radical (unpaired) electrons. The van der Waals surface area contributed by atoms with Gasteiger partial charge in [0.15, 0.2) is 0 Å². The molecule has 0 aliphatic heterocycles. The molecule has 0 heteroatoms. The van der Waals surface area contributed by atoms with E-state index in [0.29, 0.717) is 0 Å². The summed E-state index contributed by atoms with van der Waals surface area (Å²) in [7, 11) is 0. The predicted octanol–water partition coefficient (Wildman–Crippen LogP) is 4.11. The lowest BCUT2D eigenvalue weighted by Gasteiger charge is -2.15. The molecule has 1 aliphatic rings. The normalized spacial score (nSPS) is 26.9. The first kappa shape index (κ1) is 10.3. The van der Waals surface area contributed by atoms with Gasteiger partial charge in [0.2, 0.25) is 0 Å². The maximum atomic E-state index is 4.12. The summed E-state index contributed by atoms with van der Waals surface area (Å²) in [6, 6.07) is 0. The van der Waals surface area contributed by atoms with Gasteiger partial charge in [-0.05, 0) is 37.2 Å². The SMILES string of the molecule is C=C1CCC(C(C)C)/C1=C/C=C\C. The molecule has 0 bridgehead atoms. The van der Waals surface area contributed by atoms with E-state index >= 15 is 0 Å². The van der Waals surface area contributed by atoms with Crippen molar-refractivity contribution < 1.29 is 0 Å². The second kappa shape index (κ2) is 4.45. The summed E-state index contributed by atoms with van der Waals surface area (Å²) >= 11 is 0. The van der Waals surface area contributed by atoms with Gasteiger partial charge in [-0.25, -0.2) is 0 Å². The Kier molecular flexibility index (Phi) is 3.53. The van der Waals surface area contributed by atoms with E-state index in [0.717, 1.165) is 11.8 Å². The Bertz CT molecular complexity index is 241. The Morgan fingerprint density at radius 3 is 2.69 bits per heavy atom. The third-order valence-electron chi connectivity index (χ3n) is 2.84. The van der Waals surface area contributed by atoms with Crippen LogP contribution in [-0.2, 0) is 0 Å². The van der Waals surface area contributed by atoms with Crippen LogP contribution in [0, 0.1) is 11.8 Å². The van der Waals surface area contributed by atoms with E-state index < -0.39 is 0 Å². The standard InChI is InChI=1S/C13H20/c1-5-6-7-13-11(4)8-9-12(13)10(2)3/h5-7,10,12H,4,8-9H2,1-3H3/b6-5-,13-7+. The smallest absolute Gasteiger partial charge is 0.0133 e. The molecule has 13 heavy (non-hydrogen) atoms. The Morgan fingerprint density at radius 2 is 2.15 bits per heavy atom. The zero-order chi connectivity index (χ0) is 9.84. The van der Waals surface area contributed by atoms with E-state index in [1.165, 1.54) is 24.0 Å². The summed E-state index contributed by atoms with van der Waals surface area (Å²) in [5.41, 5.74) is 2.82. The maximum Gasteiger partial charge on any atom is -0.0133 e. The molecule has 72 valence electrons. The van der Waals surface area contributed by atoms with E-state index in [1.807, 2.05) is 0 Å². The first-order valence-corrected chi connectivity index (χ1v) is 5.17. The van der Waals surface area contributed by atoms with E-state index in [2.05, 4.69) is 45.6 Å². The van der Waals surface area contributed by atoms with Crippen LogP contribution < -0.4 is 0 Å².